The van der Waals surface area contributed by atoms with Gasteiger partial charge in [0.05, 0.1) is 14.2 Å². The third-order valence-electron chi connectivity index (χ3n) is 3.92. The molecule has 1 aromatic heterocycles. The van der Waals surface area contributed by atoms with E-state index in [2.05, 4.69) is 5.32 Å². The van der Waals surface area contributed by atoms with Crippen molar-refractivity contribution in [2.75, 3.05) is 19.5 Å². The Morgan fingerprint density at radius 3 is 2.26 bits per heavy atom. The van der Waals surface area contributed by atoms with Gasteiger partial charge in [-0.25, -0.2) is 9.18 Å². The third-order valence-corrected chi connectivity index (χ3v) is 4.81. The first-order valence-corrected chi connectivity index (χ1v) is 8.82. The van der Waals surface area contributed by atoms with Crippen LogP contribution in [0.1, 0.15) is 20.7 Å². The Bertz CT molecular complexity index is 965. The zero-order chi connectivity index (χ0) is 19.4. The summed E-state index contributed by atoms with van der Waals surface area (Å²) in [5, 5.41) is 4.83. The van der Waals surface area contributed by atoms with E-state index in [9.17, 15) is 14.0 Å². The maximum Gasteiger partial charge on any atom is 0.341 e. The normalized spacial score (nSPS) is 10.3. The van der Waals surface area contributed by atoms with E-state index in [0.29, 0.717) is 27.4 Å². The summed E-state index contributed by atoms with van der Waals surface area (Å²) in [5.41, 5.74) is 1.87. The Morgan fingerprint density at radius 2 is 1.67 bits per heavy atom. The minimum Gasteiger partial charge on any atom is -0.497 e. The van der Waals surface area contributed by atoms with E-state index < -0.39 is 5.97 Å². The lowest BCUT2D eigenvalue weighted by molar-refractivity contribution is 0.0603. The third kappa shape index (κ3) is 3.98. The molecule has 1 N–H and O–H groups in total. The summed E-state index contributed by atoms with van der Waals surface area (Å²) in [4.78, 5) is 24.8. The Balaban J connectivity index is 1.93. The fourth-order valence-corrected chi connectivity index (χ4v) is 3.47. The van der Waals surface area contributed by atoms with E-state index in [4.69, 9.17) is 9.47 Å². The fraction of sp³-hybridized carbons (Fsp3) is 0.100. The van der Waals surface area contributed by atoms with Crippen LogP contribution in [0.2, 0.25) is 0 Å². The molecule has 5 nitrogen and oxygen atoms in total. The molecule has 0 saturated heterocycles. The number of esters is 1. The van der Waals surface area contributed by atoms with Crippen LogP contribution < -0.4 is 10.1 Å². The largest absolute Gasteiger partial charge is 0.497 e. The highest BCUT2D eigenvalue weighted by molar-refractivity contribution is 7.15. The van der Waals surface area contributed by atoms with E-state index >= 15 is 0 Å². The van der Waals surface area contributed by atoms with Crippen LogP contribution in [0.3, 0.4) is 0 Å². The van der Waals surface area contributed by atoms with Gasteiger partial charge in [0.25, 0.3) is 5.91 Å². The van der Waals surface area contributed by atoms with Gasteiger partial charge in [0.2, 0.25) is 0 Å². The molecule has 0 aliphatic rings. The topological polar surface area (TPSA) is 64.6 Å². The van der Waals surface area contributed by atoms with Crippen molar-refractivity contribution in [2.45, 2.75) is 0 Å². The maximum absolute atomic E-state index is 13.2. The number of carbonyl (C=O) groups is 2. The van der Waals surface area contributed by atoms with E-state index in [1.165, 1.54) is 30.6 Å². The lowest BCUT2D eigenvalue weighted by Crippen LogP contribution is -2.14. The number of amides is 1. The van der Waals surface area contributed by atoms with Gasteiger partial charge in [-0.1, -0.05) is 12.1 Å². The van der Waals surface area contributed by atoms with E-state index in [1.54, 1.807) is 48.9 Å². The summed E-state index contributed by atoms with van der Waals surface area (Å²) in [7, 11) is 2.81. The minimum absolute atomic E-state index is 0.232. The van der Waals surface area contributed by atoms with Gasteiger partial charge < -0.3 is 14.8 Å². The predicted molar refractivity (Wildman–Crippen MR) is 102 cm³/mol. The van der Waals surface area contributed by atoms with Crippen LogP contribution >= 0.6 is 11.3 Å². The number of hydrogen-bond acceptors (Lipinski definition) is 5. The van der Waals surface area contributed by atoms with E-state index in [0.717, 1.165) is 0 Å². The van der Waals surface area contributed by atoms with Gasteiger partial charge in [0.15, 0.2) is 0 Å². The number of anilines is 1. The molecular weight excluding hydrogens is 369 g/mol. The number of ether oxygens (including phenoxy) is 2. The molecule has 3 aromatic rings. The zero-order valence-corrected chi connectivity index (χ0v) is 15.4. The van der Waals surface area contributed by atoms with Crippen molar-refractivity contribution >= 4 is 28.2 Å². The lowest BCUT2D eigenvalue weighted by Gasteiger charge is -2.08. The first kappa shape index (κ1) is 18.6. The zero-order valence-electron chi connectivity index (χ0n) is 14.6. The number of thiophene rings is 1. The maximum atomic E-state index is 13.2. The number of hydrogen-bond donors (Lipinski definition) is 1. The Hall–Kier alpha value is -3.19. The molecule has 2 aromatic carbocycles. The van der Waals surface area contributed by atoms with Crippen molar-refractivity contribution in [1.82, 2.24) is 0 Å². The number of nitrogens with one attached hydrogen (secondary N) is 1. The van der Waals surface area contributed by atoms with Gasteiger partial charge in [-0.2, -0.15) is 0 Å². The second-order valence-electron chi connectivity index (χ2n) is 5.53. The molecule has 0 unspecified atom stereocenters. The van der Waals surface area contributed by atoms with Crippen LogP contribution in [0.15, 0.2) is 53.9 Å². The van der Waals surface area contributed by atoms with Crippen LogP contribution in [-0.4, -0.2) is 26.1 Å². The van der Waals surface area contributed by atoms with Crippen LogP contribution in [0.5, 0.6) is 5.75 Å². The molecule has 0 aliphatic carbocycles. The van der Waals surface area contributed by atoms with Gasteiger partial charge in [0, 0.05) is 16.5 Å². The number of halogens is 1. The molecule has 0 aliphatic heterocycles. The number of methoxy groups -OCH3 is 2. The van der Waals surface area contributed by atoms with Crippen LogP contribution in [0, 0.1) is 5.82 Å². The van der Waals surface area contributed by atoms with Crippen molar-refractivity contribution in [3.05, 3.63) is 70.9 Å². The molecule has 1 heterocycles. The molecule has 1 amide bonds. The number of rotatable bonds is 5. The van der Waals surface area contributed by atoms with Crippen molar-refractivity contribution in [2.24, 2.45) is 0 Å². The fourth-order valence-electron chi connectivity index (χ4n) is 2.51. The highest BCUT2D eigenvalue weighted by Crippen LogP contribution is 2.36. The molecule has 0 spiro atoms. The molecular formula is C20H16FNO4S. The lowest BCUT2D eigenvalue weighted by atomic mass is 10.0. The molecule has 0 fully saturated rings. The van der Waals surface area contributed by atoms with Crippen LogP contribution in [0.25, 0.3) is 11.1 Å². The average molecular weight is 385 g/mol. The molecule has 7 heteroatoms. The summed E-state index contributed by atoms with van der Waals surface area (Å²) < 4.78 is 23.1. The molecule has 3 rings (SSSR count). The van der Waals surface area contributed by atoms with Crippen molar-refractivity contribution < 1.29 is 23.5 Å². The van der Waals surface area contributed by atoms with Gasteiger partial charge in [0.1, 0.15) is 22.1 Å². The van der Waals surface area contributed by atoms with Crippen molar-refractivity contribution in [1.29, 1.82) is 0 Å². The smallest absolute Gasteiger partial charge is 0.341 e. The van der Waals surface area contributed by atoms with E-state index in [1.807, 2.05) is 0 Å². The van der Waals surface area contributed by atoms with E-state index in [-0.39, 0.29) is 17.3 Å². The highest BCUT2D eigenvalue weighted by Gasteiger charge is 2.22. The summed E-state index contributed by atoms with van der Waals surface area (Å²) in [6.45, 7) is 0. The number of carbonyl (C=O) groups excluding carboxylic acids is 2. The summed E-state index contributed by atoms with van der Waals surface area (Å²) in [5.74, 6) is -0.686. The summed E-state index contributed by atoms with van der Waals surface area (Å²) in [6, 6.07) is 12.4. The summed E-state index contributed by atoms with van der Waals surface area (Å²) >= 11 is 1.20. The van der Waals surface area contributed by atoms with Gasteiger partial charge >= 0.3 is 5.97 Å². The van der Waals surface area contributed by atoms with Crippen molar-refractivity contribution in [3.63, 3.8) is 0 Å². The standard InChI is InChI=1S/C20H16FNO4S/c1-25-15-9-5-13(6-10-15)18(23)22-19-17(20(24)26-2)16(11-27-19)12-3-7-14(21)8-4-12/h3-11H,1-2H3,(H,22,23). The molecule has 0 atom stereocenters. The number of benzene rings is 2. The molecule has 0 radical (unpaired) electrons. The second-order valence-corrected chi connectivity index (χ2v) is 6.41. The average Bonchev–Trinajstić information content (AvgIpc) is 3.11. The Morgan fingerprint density at radius 1 is 1.00 bits per heavy atom. The minimum atomic E-state index is -0.583. The predicted octanol–water partition coefficient (Wildman–Crippen LogP) is 4.60. The van der Waals surface area contributed by atoms with Gasteiger partial charge in [-0.05, 0) is 42.0 Å². The SMILES string of the molecule is COC(=O)c1c(-c2ccc(F)cc2)csc1NC(=O)c1ccc(OC)cc1. The molecule has 0 saturated carbocycles. The van der Waals surface area contributed by atoms with Crippen LogP contribution in [-0.2, 0) is 4.74 Å². The molecule has 138 valence electrons. The van der Waals surface area contributed by atoms with Gasteiger partial charge in [-0.3, -0.25) is 4.79 Å². The van der Waals surface area contributed by atoms with Crippen LogP contribution in [0.4, 0.5) is 9.39 Å². The molecule has 0 bridgehead atoms. The summed E-state index contributed by atoms with van der Waals surface area (Å²) in [6.07, 6.45) is 0. The Kier molecular flexibility index (Phi) is 5.52. The monoisotopic (exact) mass is 385 g/mol. The second kappa shape index (κ2) is 8.01. The first-order valence-electron chi connectivity index (χ1n) is 7.94. The quantitative estimate of drug-likeness (QED) is 0.652. The Labute approximate surface area is 159 Å². The highest BCUT2D eigenvalue weighted by atomic mass is 32.1. The first-order chi connectivity index (χ1) is 13.0. The van der Waals surface area contributed by atoms with Gasteiger partial charge in [-0.15, -0.1) is 11.3 Å². The molecule has 27 heavy (non-hydrogen) atoms. The van der Waals surface area contributed by atoms with Crippen molar-refractivity contribution in [3.8, 4) is 16.9 Å².